The number of nitrogens with zero attached hydrogens (tertiary/aromatic N) is 2. The van der Waals surface area contributed by atoms with Crippen molar-refractivity contribution in [1.82, 2.24) is 10.2 Å². The van der Waals surface area contributed by atoms with Gasteiger partial charge in [-0.15, -0.1) is 0 Å². The molecule has 1 unspecified atom stereocenters. The molecule has 24 heavy (non-hydrogen) atoms. The van der Waals surface area contributed by atoms with E-state index in [9.17, 15) is 10.0 Å². The predicted octanol–water partition coefficient (Wildman–Crippen LogP) is 2.54. The van der Waals surface area contributed by atoms with E-state index in [1.807, 2.05) is 24.3 Å². The van der Waals surface area contributed by atoms with Gasteiger partial charge in [0.05, 0.1) is 11.6 Å². The highest BCUT2D eigenvalue weighted by molar-refractivity contribution is 6.30. The Labute approximate surface area is 146 Å². The molecule has 2 heterocycles. The van der Waals surface area contributed by atoms with Gasteiger partial charge in [-0.3, -0.25) is 9.69 Å². The molecule has 3 rings (SSSR count). The van der Waals surface area contributed by atoms with Crippen LogP contribution in [0.1, 0.15) is 34.8 Å². The summed E-state index contributed by atoms with van der Waals surface area (Å²) in [6.45, 7) is 2.55. The first kappa shape index (κ1) is 16.7. The molecule has 126 valence electrons. The number of aromatic nitrogens is 1. The number of nitrogens with one attached hydrogen (secondary N) is 1. The van der Waals surface area contributed by atoms with E-state index in [4.69, 9.17) is 11.6 Å². The molecule has 1 aliphatic rings. The lowest BCUT2D eigenvalue weighted by Crippen LogP contribution is -2.37. The van der Waals surface area contributed by atoms with Gasteiger partial charge in [-0.05, 0) is 43.6 Å². The third kappa shape index (κ3) is 4.04. The van der Waals surface area contributed by atoms with E-state index in [2.05, 4.69) is 10.2 Å². The van der Waals surface area contributed by atoms with Crippen LogP contribution in [0.5, 0.6) is 0 Å². The van der Waals surface area contributed by atoms with Crippen LogP contribution in [0.3, 0.4) is 0 Å². The summed E-state index contributed by atoms with van der Waals surface area (Å²) in [6.07, 6.45) is 4.99. The van der Waals surface area contributed by atoms with Crippen molar-refractivity contribution in [3.05, 3.63) is 70.1 Å². The first-order chi connectivity index (χ1) is 11.6. The molecule has 1 amide bonds. The summed E-state index contributed by atoms with van der Waals surface area (Å²) in [5.74, 6) is -0.179. The van der Waals surface area contributed by atoms with Crippen molar-refractivity contribution in [2.24, 2.45) is 0 Å². The zero-order valence-electron chi connectivity index (χ0n) is 13.3. The van der Waals surface area contributed by atoms with Gasteiger partial charge >= 0.3 is 0 Å². The Morgan fingerprint density at radius 3 is 2.62 bits per heavy atom. The molecule has 0 bridgehead atoms. The largest absolute Gasteiger partial charge is 0.619 e. The average molecular weight is 346 g/mol. The fourth-order valence-electron chi connectivity index (χ4n) is 3.08. The van der Waals surface area contributed by atoms with Crippen LogP contribution in [0.25, 0.3) is 0 Å². The minimum atomic E-state index is -0.179. The van der Waals surface area contributed by atoms with Crippen LogP contribution in [-0.4, -0.2) is 30.4 Å². The van der Waals surface area contributed by atoms with Crippen LogP contribution in [-0.2, 0) is 0 Å². The number of carbonyl (C=O) groups excluding carboxylic acids is 1. The Bertz CT molecular complexity index is 700. The van der Waals surface area contributed by atoms with Crippen LogP contribution in [0, 0.1) is 5.21 Å². The van der Waals surface area contributed by atoms with Crippen molar-refractivity contribution in [3.63, 3.8) is 0 Å². The normalized spacial score (nSPS) is 16.0. The van der Waals surface area contributed by atoms with Crippen molar-refractivity contribution < 1.29 is 9.52 Å². The van der Waals surface area contributed by atoms with Gasteiger partial charge in [0.25, 0.3) is 5.91 Å². The van der Waals surface area contributed by atoms with Crippen molar-refractivity contribution in [2.75, 3.05) is 19.6 Å². The summed E-state index contributed by atoms with van der Waals surface area (Å²) < 4.78 is 0.662. The maximum atomic E-state index is 12.3. The number of amides is 1. The summed E-state index contributed by atoms with van der Waals surface area (Å²) >= 11 is 6.13. The molecule has 0 radical (unpaired) electrons. The molecule has 5 nitrogen and oxygen atoms in total. The molecule has 0 spiro atoms. The van der Waals surface area contributed by atoms with E-state index >= 15 is 0 Å². The number of benzene rings is 1. The van der Waals surface area contributed by atoms with Crippen LogP contribution < -0.4 is 10.0 Å². The van der Waals surface area contributed by atoms with Crippen LogP contribution in [0.15, 0.2) is 48.8 Å². The lowest BCUT2D eigenvalue weighted by Gasteiger charge is -2.28. The maximum absolute atomic E-state index is 12.3. The summed E-state index contributed by atoms with van der Waals surface area (Å²) in [5, 5.41) is 14.7. The fraction of sp³-hybridized carbons (Fsp3) is 0.333. The van der Waals surface area contributed by atoms with Crippen molar-refractivity contribution in [3.8, 4) is 0 Å². The first-order valence-corrected chi connectivity index (χ1v) is 8.48. The Morgan fingerprint density at radius 1 is 1.25 bits per heavy atom. The molecule has 1 saturated heterocycles. The molecule has 1 aliphatic heterocycles. The minimum Gasteiger partial charge on any atom is -0.619 e. The lowest BCUT2D eigenvalue weighted by molar-refractivity contribution is -0.605. The average Bonchev–Trinajstić information content (AvgIpc) is 3.10. The molecule has 1 N–H and O–H groups in total. The van der Waals surface area contributed by atoms with Crippen LogP contribution >= 0.6 is 11.6 Å². The van der Waals surface area contributed by atoms with Gasteiger partial charge < -0.3 is 10.5 Å². The molecule has 0 saturated carbocycles. The fourth-order valence-corrected chi connectivity index (χ4v) is 3.28. The number of halogens is 1. The van der Waals surface area contributed by atoms with Gasteiger partial charge in [0.2, 0.25) is 0 Å². The highest BCUT2D eigenvalue weighted by atomic mass is 35.5. The zero-order chi connectivity index (χ0) is 16.9. The third-order valence-corrected chi connectivity index (χ3v) is 4.57. The van der Waals surface area contributed by atoms with E-state index in [-0.39, 0.29) is 11.9 Å². The van der Waals surface area contributed by atoms with E-state index in [1.54, 1.807) is 0 Å². The number of hydrogen-bond donors (Lipinski definition) is 1. The molecule has 1 aromatic heterocycles. The summed E-state index contributed by atoms with van der Waals surface area (Å²) in [6, 6.07) is 10.9. The molecule has 1 atom stereocenters. The number of rotatable bonds is 5. The first-order valence-electron chi connectivity index (χ1n) is 8.10. The van der Waals surface area contributed by atoms with E-state index in [1.165, 1.54) is 37.4 Å². The zero-order valence-corrected chi connectivity index (χ0v) is 14.1. The molecule has 1 aromatic carbocycles. The number of carbonyl (C=O) groups is 1. The summed E-state index contributed by atoms with van der Waals surface area (Å²) in [5.41, 5.74) is 1.59. The van der Waals surface area contributed by atoms with Crippen LogP contribution in [0.4, 0.5) is 0 Å². The highest BCUT2D eigenvalue weighted by Gasteiger charge is 2.24. The highest BCUT2D eigenvalue weighted by Crippen LogP contribution is 2.26. The predicted molar refractivity (Wildman–Crippen MR) is 92.7 cm³/mol. The number of hydrogen-bond acceptors (Lipinski definition) is 3. The van der Waals surface area contributed by atoms with Crippen molar-refractivity contribution in [2.45, 2.75) is 18.9 Å². The van der Waals surface area contributed by atoms with Gasteiger partial charge in [-0.25, -0.2) is 0 Å². The monoisotopic (exact) mass is 345 g/mol. The van der Waals surface area contributed by atoms with Gasteiger partial charge in [0.1, 0.15) is 0 Å². The Hall–Kier alpha value is -2.11. The Balaban J connectivity index is 1.72. The van der Waals surface area contributed by atoms with Gasteiger partial charge in [-0.1, -0.05) is 23.7 Å². The van der Waals surface area contributed by atoms with E-state index in [0.717, 1.165) is 18.7 Å². The summed E-state index contributed by atoms with van der Waals surface area (Å²) in [7, 11) is 0. The minimum absolute atomic E-state index is 0.100. The Morgan fingerprint density at radius 2 is 1.96 bits per heavy atom. The maximum Gasteiger partial charge on any atom is 0.251 e. The quantitative estimate of drug-likeness (QED) is 0.669. The van der Waals surface area contributed by atoms with Crippen LogP contribution in [0.2, 0.25) is 5.02 Å². The molecule has 0 aliphatic carbocycles. The van der Waals surface area contributed by atoms with E-state index < -0.39 is 0 Å². The van der Waals surface area contributed by atoms with Gasteiger partial charge in [-0.2, -0.15) is 4.73 Å². The second-order valence-corrected chi connectivity index (χ2v) is 6.41. The molecule has 1 fully saturated rings. The standard InChI is InChI=1S/C18H20ClN3O2/c19-16-5-3-4-15(12-16)17(21-8-1-2-9-21)13-20-18(23)14-6-10-22(24)11-7-14/h3-7,10-12,17H,1-2,8-9,13H2,(H,20,23). The van der Waals surface area contributed by atoms with E-state index in [0.29, 0.717) is 21.9 Å². The second kappa shape index (κ2) is 7.64. The smallest absolute Gasteiger partial charge is 0.251 e. The molecular weight excluding hydrogens is 326 g/mol. The third-order valence-electron chi connectivity index (χ3n) is 4.34. The Kier molecular flexibility index (Phi) is 5.33. The van der Waals surface area contributed by atoms with Crippen molar-refractivity contribution in [1.29, 1.82) is 0 Å². The van der Waals surface area contributed by atoms with Gasteiger partial charge in [0, 0.05) is 23.7 Å². The molecule has 6 heteroatoms. The number of pyridine rings is 1. The number of likely N-dealkylation sites (tertiary alicyclic amines) is 1. The molecule has 2 aromatic rings. The summed E-state index contributed by atoms with van der Waals surface area (Å²) in [4.78, 5) is 14.7. The van der Waals surface area contributed by atoms with Gasteiger partial charge in [0.15, 0.2) is 12.4 Å². The second-order valence-electron chi connectivity index (χ2n) is 5.97. The van der Waals surface area contributed by atoms with Crippen molar-refractivity contribution >= 4 is 17.5 Å². The topological polar surface area (TPSA) is 59.3 Å². The SMILES string of the molecule is O=C(NCC(c1cccc(Cl)c1)N1CCCC1)c1cc[n+]([O-])cc1. The molecular formula is C18H20ClN3O2. The lowest BCUT2D eigenvalue weighted by atomic mass is 10.1.